The average Bonchev–Trinajstić information content (AvgIpc) is 2.80. The molecular formula is C11H13N5O4. The van der Waals surface area contributed by atoms with Crippen molar-refractivity contribution in [1.82, 2.24) is 19.5 Å². The molecule has 106 valence electrons. The van der Waals surface area contributed by atoms with Gasteiger partial charge in [-0.15, -0.1) is 0 Å². The van der Waals surface area contributed by atoms with Crippen LogP contribution in [0.2, 0.25) is 0 Å². The molecule has 9 nitrogen and oxygen atoms in total. The van der Waals surface area contributed by atoms with Crippen molar-refractivity contribution in [3.8, 4) is 0 Å². The summed E-state index contributed by atoms with van der Waals surface area (Å²) >= 11 is 0. The lowest BCUT2D eigenvalue weighted by molar-refractivity contribution is -0.0445. The normalized spacial score (nSPS) is 26.2. The third kappa shape index (κ3) is 1.92. The van der Waals surface area contributed by atoms with Crippen LogP contribution in [0.1, 0.15) is 12.6 Å². The zero-order valence-electron chi connectivity index (χ0n) is 10.4. The van der Waals surface area contributed by atoms with E-state index < -0.39 is 24.1 Å². The number of nitrogen functional groups attached to an aromatic ring is 1. The molecule has 3 atom stereocenters. The van der Waals surface area contributed by atoms with Crippen molar-refractivity contribution in [2.45, 2.75) is 24.9 Å². The van der Waals surface area contributed by atoms with Crippen LogP contribution in [0.25, 0.3) is 11.2 Å². The predicted octanol–water partition coefficient (Wildman–Crippen LogP) is -1.59. The molecule has 2 aromatic rings. The molecule has 0 radical (unpaired) electrons. The van der Waals surface area contributed by atoms with Crippen LogP contribution < -0.4 is 11.4 Å². The fourth-order valence-electron chi connectivity index (χ4n) is 2.29. The topological polar surface area (TPSA) is 136 Å². The molecule has 3 rings (SSSR count). The Balaban J connectivity index is 2.15. The van der Waals surface area contributed by atoms with E-state index in [0.29, 0.717) is 0 Å². The van der Waals surface area contributed by atoms with Crippen molar-refractivity contribution in [3.63, 3.8) is 0 Å². The highest BCUT2D eigenvalue weighted by Gasteiger charge is 2.36. The van der Waals surface area contributed by atoms with Gasteiger partial charge in [0.2, 0.25) is 0 Å². The molecule has 3 heterocycles. The Bertz CT molecular complexity index is 703. The van der Waals surface area contributed by atoms with Gasteiger partial charge in [-0.25, -0.2) is 19.3 Å². The second kappa shape index (κ2) is 4.78. The summed E-state index contributed by atoms with van der Waals surface area (Å²) in [6.45, 7) is -0.335. The Labute approximate surface area is 112 Å². The lowest BCUT2D eigenvalue weighted by Gasteiger charge is -2.16. The minimum absolute atomic E-state index is 0.00777. The van der Waals surface area contributed by atoms with Gasteiger partial charge in [0.05, 0.1) is 12.7 Å². The van der Waals surface area contributed by atoms with Crippen LogP contribution in [-0.2, 0) is 4.74 Å². The number of hydrogen-bond acceptors (Lipinski definition) is 8. The van der Waals surface area contributed by atoms with Gasteiger partial charge in [0.25, 0.3) is 0 Å². The number of nitrogens with zero attached hydrogens (tertiary/aromatic N) is 4. The summed E-state index contributed by atoms with van der Waals surface area (Å²) in [5.74, 6) is -0.00777. The van der Waals surface area contributed by atoms with Crippen LogP contribution in [0.4, 0.5) is 5.82 Å². The molecule has 1 saturated heterocycles. The summed E-state index contributed by atoms with van der Waals surface area (Å²) < 4.78 is 6.64. The van der Waals surface area contributed by atoms with Gasteiger partial charge in [0, 0.05) is 18.8 Å². The maximum Gasteiger partial charge on any atom is 0.353 e. The first kappa shape index (κ1) is 12.9. The zero-order chi connectivity index (χ0) is 14.3. The molecule has 9 heteroatoms. The standard InChI is InChI=1S/C11H13N5O4/c12-9-8-10(14-2-1-13-8)16(11(19)15-9)7-3-5(18)6(4-17)20-7/h1-2,5-7,17-18H,3-4H2,(H2,12,15,19)/t5-,6+,7+/m0/s1. The van der Waals surface area contributed by atoms with Gasteiger partial charge in [0.15, 0.2) is 11.5 Å². The van der Waals surface area contributed by atoms with E-state index in [0.717, 1.165) is 0 Å². The van der Waals surface area contributed by atoms with Crippen LogP contribution in [0, 0.1) is 0 Å². The third-order valence-electron chi connectivity index (χ3n) is 3.24. The minimum atomic E-state index is -0.860. The average molecular weight is 279 g/mol. The lowest BCUT2D eigenvalue weighted by atomic mass is 10.2. The number of rotatable bonds is 2. The first-order valence-electron chi connectivity index (χ1n) is 6.05. The molecule has 0 aromatic carbocycles. The number of nitrogens with two attached hydrogens (primary N) is 1. The molecule has 0 unspecified atom stereocenters. The van der Waals surface area contributed by atoms with E-state index >= 15 is 0 Å². The Morgan fingerprint density at radius 3 is 2.90 bits per heavy atom. The highest BCUT2D eigenvalue weighted by Crippen LogP contribution is 2.29. The van der Waals surface area contributed by atoms with E-state index in [-0.39, 0.29) is 30.0 Å². The molecule has 0 amide bonds. The fourth-order valence-corrected chi connectivity index (χ4v) is 2.29. The summed E-state index contributed by atoms with van der Waals surface area (Å²) in [6.07, 6.45) is 0.657. The van der Waals surface area contributed by atoms with Crippen molar-refractivity contribution in [2.75, 3.05) is 12.3 Å². The van der Waals surface area contributed by atoms with Crippen LogP contribution in [-0.4, -0.2) is 48.5 Å². The molecular weight excluding hydrogens is 266 g/mol. The van der Waals surface area contributed by atoms with Gasteiger partial charge in [-0.05, 0) is 0 Å². The first-order valence-corrected chi connectivity index (χ1v) is 6.05. The van der Waals surface area contributed by atoms with Gasteiger partial charge in [-0.3, -0.25) is 0 Å². The second-order valence-corrected chi connectivity index (χ2v) is 4.49. The third-order valence-corrected chi connectivity index (χ3v) is 3.24. The lowest BCUT2D eigenvalue weighted by Crippen LogP contribution is -2.29. The van der Waals surface area contributed by atoms with Crippen molar-refractivity contribution in [2.24, 2.45) is 0 Å². The molecule has 20 heavy (non-hydrogen) atoms. The maximum atomic E-state index is 12.0. The van der Waals surface area contributed by atoms with Crippen molar-refractivity contribution in [1.29, 1.82) is 0 Å². The zero-order valence-corrected chi connectivity index (χ0v) is 10.4. The molecule has 0 aliphatic carbocycles. The molecule has 0 bridgehead atoms. The molecule has 0 saturated carbocycles. The highest BCUT2D eigenvalue weighted by atomic mass is 16.5. The van der Waals surface area contributed by atoms with Gasteiger partial charge < -0.3 is 20.7 Å². The highest BCUT2D eigenvalue weighted by molar-refractivity contribution is 5.80. The Kier molecular flexibility index (Phi) is 3.08. The minimum Gasteiger partial charge on any atom is -0.394 e. The van der Waals surface area contributed by atoms with E-state index in [1.54, 1.807) is 0 Å². The summed E-state index contributed by atoms with van der Waals surface area (Å²) in [5.41, 5.74) is 5.54. The van der Waals surface area contributed by atoms with Crippen molar-refractivity contribution >= 4 is 17.0 Å². The van der Waals surface area contributed by atoms with Crippen LogP contribution in [0.15, 0.2) is 17.2 Å². The van der Waals surface area contributed by atoms with Crippen LogP contribution in [0.3, 0.4) is 0 Å². The quantitative estimate of drug-likeness (QED) is 0.598. The van der Waals surface area contributed by atoms with E-state index in [1.165, 1.54) is 17.0 Å². The fraction of sp³-hybridized carbons (Fsp3) is 0.455. The van der Waals surface area contributed by atoms with Gasteiger partial charge in [0.1, 0.15) is 17.8 Å². The van der Waals surface area contributed by atoms with E-state index in [2.05, 4.69) is 15.0 Å². The van der Waals surface area contributed by atoms with Crippen molar-refractivity contribution in [3.05, 3.63) is 22.9 Å². The molecule has 4 N–H and O–H groups in total. The summed E-state index contributed by atoms with van der Waals surface area (Å²) in [6, 6.07) is 0. The Morgan fingerprint density at radius 1 is 1.45 bits per heavy atom. The number of aliphatic hydroxyl groups is 2. The second-order valence-electron chi connectivity index (χ2n) is 4.49. The Morgan fingerprint density at radius 2 is 2.20 bits per heavy atom. The van der Waals surface area contributed by atoms with E-state index in [9.17, 15) is 9.90 Å². The molecule has 1 aliphatic rings. The SMILES string of the molecule is Nc1nc(=O)n([C@H]2C[C@H](O)[C@@H](CO)O2)c2nccnc12. The summed E-state index contributed by atoms with van der Waals surface area (Å²) in [5, 5.41) is 18.8. The van der Waals surface area contributed by atoms with Crippen LogP contribution >= 0.6 is 0 Å². The van der Waals surface area contributed by atoms with Gasteiger partial charge in [-0.2, -0.15) is 4.98 Å². The maximum absolute atomic E-state index is 12.0. The largest absolute Gasteiger partial charge is 0.394 e. The number of fused-ring (bicyclic) bond motifs is 1. The predicted molar refractivity (Wildman–Crippen MR) is 67.6 cm³/mol. The van der Waals surface area contributed by atoms with Crippen molar-refractivity contribution < 1.29 is 14.9 Å². The number of anilines is 1. The molecule has 1 aliphatic heterocycles. The van der Waals surface area contributed by atoms with Gasteiger partial charge in [-0.1, -0.05) is 0 Å². The number of hydrogen-bond donors (Lipinski definition) is 3. The van der Waals surface area contributed by atoms with Crippen LogP contribution in [0.5, 0.6) is 0 Å². The molecule has 1 fully saturated rings. The molecule has 2 aromatic heterocycles. The monoisotopic (exact) mass is 279 g/mol. The summed E-state index contributed by atoms with van der Waals surface area (Å²) in [4.78, 5) is 23.8. The number of aromatic nitrogens is 4. The molecule has 0 spiro atoms. The Hall–Kier alpha value is -2.10. The van der Waals surface area contributed by atoms with Gasteiger partial charge >= 0.3 is 5.69 Å². The first-order chi connectivity index (χ1) is 9.61. The van der Waals surface area contributed by atoms with E-state index in [4.69, 9.17) is 15.6 Å². The summed E-state index contributed by atoms with van der Waals surface area (Å²) in [7, 11) is 0. The number of ether oxygens (including phenoxy) is 1. The number of aliphatic hydroxyl groups excluding tert-OH is 2. The smallest absolute Gasteiger partial charge is 0.353 e. The van der Waals surface area contributed by atoms with E-state index in [1.807, 2.05) is 0 Å².